The monoisotopic (exact) mass is 298 g/mol. The highest BCUT2D eigenvalue weighted by Crippen LogP contribution is 2.23. The molecule has 0 spiro atoms. The number of hydrogen-bond acceptors (Lipinski definition) is 2. The topological polar surface area (TPSA) is 69.6 Å². The first-order chi connectivity index (χ1) is 9.90. The molecule has 1 saturated heterocycles. The van der Waals surface area contributed by atoms with Gasteiger partial charge >= 0.3 is 12.0 Å². The zero-order valence-electron chi connectivity index (χ0n) is 11.5. The average Bonchev–Trinajstić information content (AvgIpc) is 2.47. The predicted molar refractivity (Wildman–Crippen MR) is 72.0 cm³/mol. The van der Waals surface area contributed by atoms with Gasteiger partial charge in [-0.1, -0.05) is 6.07 Å². The number of carbonyl (C=O) groups is 2. The third-order valence-electron chi connectivity index (χ3n) is 3.57. The van der Waals surface area contributed by atoms with Crippen LogP contribution in [-0.2, 0) is 4.79 Å². The quantitative estimate of drug-likeness (QED) is 0.881. The van der Waals surface area contributed by atoms with Gasteiger partial charge in [-0.3, -0.25) is 4.79 Å². The number of carboxylic acids is 1. The zero-order valence-corrected chi connectivity index (χ0v) is 11.5. The average molecular weight is 298 g/mol. The Morgan fingerprint density at radius 3 is 2.76 bits per heavy atom. The molecule has 21 heavy (non-hydrogen) atoms. The molecule has 0 saturated carbocycles. The first kappa shape index (κ1) is 15.2. The lowest BCUT2D eigenvalue weighted by Gasteiger charge is -2.30. The van der Waals surface area contributed by atoms with Gasteiger partial charge in [-0.25, -0.2) is 13.6 Å². The van der Waals surface area contributed by atoms with Crippen molar-refractivity contribution in [3.63, 3.8) is 0 Å². The van der Waals surface area contributed by atoms with Crippen LogP contribution in [0.4, 0.5) is 19.3 Å². The summed E-state index contributed by atoms with van der Waals surface area (Å²) in [6.45, 7) is 1.87. The Hall–Kier alpha value is -2.18. The fourth-order valence-electron chi connectivity index (χ4n) is 2.32. The lowest BCUT2D eigenvalue weighted by molar-refractivity contribution is -0.143. The van der Waals surface area contributed by atoms with Gasteiger partial charge in [0.2, 0.25) is 0 Å². The van der Waals surface area contributed by atoms with E-state index >= 15 is 0 Å². The minimum atomic E-state index is -0.972. The highest BCUT2D eigenvalue weighted by molar-refractivity contribution is 5.90. The van der Waals surface area contributed by atoms with E-state index in [1.807, 2.05) is 0 Å². The van der Waals surface area contributed by atoms with E-state index in [1.165, 1.54) is 17.9 Å². The number of benzene rings is 1. The summed E-state index contributed by atoms with van der Waals surface area (Å²) < 4.78 is 27.4. The van der Waals surface area contributed by atoms with Crippen LogP contribution in [0.5, 0.6) is 0 Å². The Morgan fingerprint density at radius 2 is 2.10 bits per heavy atom. The number of rotatable bonds is 2. The molecule has 1 aromatic rings. The molecule has 1 aliphatic rings. The van der Waals surface area contributed by atoms with Crippen molar-refractivity contribution < 1.29 is 23.5 Å². The van der Waals surface area contributed by atoms with E-state index < -0.39 is 35.2 Å². The second kappa shape index (κ2) is 6.07. The fourth-order valence-corrected chi connectivity index (χ4v) is 2.32. The van der Waals surface area contributed by atoms with Crippen molar-refractivity contribution in [2.45, 2.75) is 19.8 Å². The number of amides is 2. The lowest BCUT2D eigenvalue weighted by Crippen LogP contribution is -2.44. The maximum Gasteiger partial charge on any atom is 0.322 e. The van der Waals surface area contributed by atoms with Crippen molar-refractivity contribution in [1.29, 1.82) is 0 Å². The molecule has 1 fully saturated rings. The Bertz CT molecular complexity index is 578. The van der Waals surface area contributed by atoms with Crippen molar-refractivity contribution in [2.24, 2.45) is 5.92 Å². The van der Waals surface area contributed by atoms with Gasteiger partial charge in [0.1, 0.15) is 11.5 Å². The molecule has 2 rings (SSSR count). The van der Waals surface area contributed by atoms with Gasteiger partial charge in [0.05, 0.1) is 5.92 Å². The van der Waals surface area contributed by atoms with Crippen LogP contribution in [-0.4, -0.2) is 35.1 Å². The minimum Gasteiger partial charge on any atom is -0.481 e. The normalized spacial score (nSPS) is 18.4. The summed E-state index contributed by atoms with van der Waals surface area (Å²) in [5.41, 5.74) is -0.286. The van der Waals surface area contributed by atoms with E-state index in [2.05, 4.69) is 5.32 Å². The van der Waals surface area contributed by atoms with Gasteiger partial charge in [0, 0.05) is 13.1 Å². The van der Waals surface area contributed by atoms with Crippen LogP contribution >= 0.6 is 0 Å². The van der Waals surface area contributed by atoms with Crippen molar-refractivity contribution in [1.82, 2.24) is 4.90 Å². The molecular formula is C14H16F2N2O3. The van der Waals surface area contributed by atoms with Crippen LogP contribution in [0.2, 0.25) is 0 Å². The van der Waals surface area contributed by atoms with E-state index in [4.69, 9.17) is 5.11 Å². The fraction of sp³-hybridized carbons (Fsp3) is 0.429. The largest absolute Gasteiger partial charge is 0.481 e. The maximum atomic E-state index is 13.8. The zero-order chi connectivity index (χ0) is 15.6. The van der Waals surface area contributed by atoms with Crippen molar-refractivity contribution in [3.8, 4) is 0 Å². The van der Waals surface area contributed by atoms with Crippen molar-refractivity contribution in [2.75, 3.05) is 18.4 Å². The number of aryl methyl sites for hydroxylation is 1. The van der Waals surface area contributed by atoms with Crippen LogP contribution < -0.4 is 5.32 Å². The molecule has 0 bridgehead atoms. The lowest BCUT2D eigenvalue weighted by atomic mass is 9.99. The number of anilines is 1. The third kappa shape index (κ3) is 3.29. The molecule has 1 aromatic carbocycles. The van der Waals surface area contributed by atoms with E-state index in [0.717, 1.165) is 6.07 Å². The summed E-state index contributed by atoms with van der Waals surface area (Å²) in [5, 5.41) is 11.2. The van der Waals surface area contributed by atoms with Gasteiger partial charge < -0.3 is 15.3 Å². The van der Waals surface area contributed by atoms with E-state index in [9.17, 15) is 18.4 Å². The number of aliphatic carboxylic acids is 1. The number of nitrogens with zero attached hydrogens (tertiary/aromatic N) is 1. The number of carbonyl (C=O) groups excluding carboxylic acids is 1. The highest BCUT2D eigenvalue weighted by atomic mass is 19.1. The smallest absolute Gasteiger partial charge is 0.322 e. The third-order valence-corrected chi connectivity index (χ3v) is 3.57. The number of nitrogens with one attached hydrogen (secondary N) is 1. The molecule has 1 aliphatic heterocycles. The van der Waals surface area contributed by atoms with Gasteiger partial charge in [-0.05, 0) is 31.4 Å². The Labute approximate surface area is 120 Å². The number of halogens is 2. The van der Waals surface area contributed by atoms with Crippen LogP contribution in [0.15, 0.2) is 12.1 Å². The SMILES string of the molecule is Cc1ccc(F)c(NC(=O)N2CCCC(C(=O)O)C2)c1F. The van der Waals surface area contributed by atoms with Crippen LogP contribution in [0.25, 0.3) is 0 Å². The van der Waals surface area contributed by atoms with Crippen LogP contribution in [0, 0.1) is 24.5 Å². The molecule has 2 N–H and O–H groups in total. The summed E-state index contributed by atoms with van der Waals surface area (Å²) in [4.78, 5) is 24.3. The van der Waals surface area contributed by atoms with Gasteiger partial charge in [0.25, 0.3) is 0 Å². The first-order valence-corrected chi connectivity index (χ1v) is 6.63. The number of hydrogen-bond donors (Lipinski definition) is 2. The number of likely N-dealkylation sites (tertiary alicyclic amines) is 1. The van der Waals surface area contributed by atoms with Gasteiger partial charge in [0.15, 0.2) is 5.82 Å². The molecule has 0 aliphatic carbocycles. The molecule has 5 nitrogen and oxygen atoms in total. The summed E-state index contributed by atoms with van der Waals surface area (Å²) in [6.07, 6.45) is 1.04. The summed E-state index contributed by atoms with van der Waals surface area (Å²) in [5.74, 6) is -3.30. The van der Waals surface area contributed by atoms with Crippen LogP contribution in [0.1, 0.15) is 18.4 Å². The number of urea groups is 1. The standard InChI is InChI=1S/C14H16F2N2O3/c1-8-4-5-10(15)12(11(8)16)17-14(21)18-6-2-3-9(7-18)13(19)20/h4-5,9H,2-3,6-7H2,1H3,(H,17,21)(H,19,20). The maximum absolute atomic E-state index is 13.8. The van der Waals surface area contributed by atoms with E-state index in [0.29, 0.717) is 19.4 Å². The molecule has 0 radical (unpaired) electrons. The van der Waals surface area contributed by atoms with Gasteiger partial charge in [-0.2, -0.15) is 0 Å². The molecule has 114 valence electrons. The van der Waals surface area contributed by atoms with Crippen LogP contribution in [0.3, 0.4) is 0 Å². The summed E-state index contributed by atoms with van der Waals surface area (Å²) in [6, 6.07) is 1.66. The molecular weight excluding hydrogens is 282 g/mol. The highest BCUT2D eigenvalue weighted by Gasteiger charge is 2.29. The summed E-state index contributed by atoms with van der Waals surface area (Å²) >= 11 is 0. The Balaban J connectivity index is 2.11. The molecule has 1 atom stereocenters. The predicted octanol–water partition coefficient (Wildman–Crippen LogP) is 2.60. The molecule has 2 amide bonds. The second-order valence-corrected chi connectivity index (χ2v) is 5.11. The van der Waals surface area contributed by atoms with Crippen molar-refractivity contribution >= 4 is 17.7 Å². The Morgan fingerprint density at radius 1 is 1.38 bits per heavy atom. The van der Waals surface area contributed by atoms with E-state index in [1.54, 1.807) is 0 Å². The molecule has 7 heteroatoms. The second-order valence-electron chi connectivity index (χ2n) is 5.11. The molecule has 1 unspecified atom stereocenters. The van der Waals surface area contributed by atoms with Crippen molar-refractivity contribution in [3.05, 3.63) is 29.3 Å². The van der Waals surface area contributed by atoms with E-state index in [-0.39, 0.29) is 12.1 Å². The molecule has 1 heterocycles. The van der Waals surface area contributed by atoms with Gasteiger partial charge in [-0.15, -0.1) is 0 Å². The number of piperidine rings is 1. The Kier molecular flexibility index (Phi) is 4.40. The first-order valence-electron chi connectivity index (χ1n) is 6.63. The summed E-state index contributed by atoms with van der Waals surface area (Å²) in [7, 11) is 0. The number of carboxylic acid groups (broad SMARTS) is 1. The minimum absolute atomic E-state index is 0.0379. The molecule has 0 aromatic heterocycles.